The first kappa shape index (κ1) is 23.2. The number of amides is 1. The maximum atomic E-state index is 13.5. The molecule has 3 aromatic rings. The minimum absolute atomic E-state index is 0.0939. The molecular weight excluding hydrogens is 474 g/mol. The Labute approximate surface area is 201 Å². The predicted molar refractivity (Wildman–Crippen MR) is 128 cm³/mol. The Morgan fingerprint density at radius 1 is 1.23 bits per heavy atom. The summed E-state index contributed by atoms with van der Waals surface area (Å²) < 4.78 is 28.5. The first-order valence-corrected chi connectivity index (χ1v) is 12.9. The smallest absolute Gasteiger partial charge is 0.407 e. The zero-order valence-electron chi connectivity index (χ0n) is 18.8. The average molecular weight is 500 g/mol. The Morgan fingerprint density at radius 2 is 2.00 bits per heavy atom. The molecule has 2 atom stereocenters. The van der Waals surface area contributed by atoms with Crippen LogP contribution in [-0.2, 0) is 16.4 Å². The summed E-state index contributed by atoms with van der Waals surface area (Å²) in [7, 11) is -3.75. The molecule has 12 heteroatoms. The van der Waals surface area contributed by atoms with Gasteiger partial charge in [0.1, 0.15) is 10.9 Å². The molecule has 0 spiro atoms. The van der Waals surface area contributed by atoms with Crippen LogP contribution in [0.5, 0.6) is 0 Å². The molecule has 2 aromatic heterocycles. The van der Waals surface area contributed by atoms with Crippen molar-refractivity contribution in [1.82, 2.24) is 19.2 Å². The Balaban J connectivity index is 1.30. The number of nitro benzene ring substituents is 1. The van der Waals surface area contributed by atoms with Crippen molar-refractivity contribution in [3.05, 3.63) is 70.0 Å². The number of aromatic amines is 1. The third kappa shape index (κ3) is 4.23. The molecule has 2 aliphatic heterocycles. The van der Waals surface area contributed by atoms with Crippen molar-refractivity contribution in [2.24, 2.45) is 0 Å². The van der Waals surface area contributed by atoms with Crippen LogP contribution >= 0.6 is 0 Å². The number of nitrogens with zero attached hydrogens (tertiary/aromatic N) is 4. The van der Waals surface area contributed by atoms with E-state index in [1.165, 1.54) is 22.5 Å². The Bertz CT molecular complexity index is 1380. The van der Waals surface area contributed by atoms with Crippen molar-refractivity contribution in [2.75, 3.05) is 19.6 Å². The van der Waals surface area contributed by atoms with Gasteiger partial charge in [0.25, 0.3) is 5.69 Å². The van der Waals surface area contributed by atoms with E-state index >= 15 is 0 Å². The molecule has 35 heavy (non-hydrogen) atoms. The minimum Gasteiger partial charge on any atom is -0.465 e. The van der Waals surface area contributed by atoms with Gasteiger partial charge < -0.3 is 15.0 Å². The van der Waals surface area contributed by atoms with Crippen molar-refractivity contribution in [2.45, 2.75) is 36.5 Å². The van der Waals surface area contributed by atoms with E-state index in [4.69, 9.17) is 0 Å². The molecule has 2 saturated heterocycles. The second-order valence-corrected chi connectivity index (χ2v) is 11.2. The zero-order chi connectivity index (χ0) is 24.7. The Hall–Kier alpha value is -3.51. The van der Waals surface area contributed by atoms with Crippen molar-refractivity contribution in [1.29, 1.82) is 0 Å². The number of nitro groups is 1. The van der Waals surface area contributed by atoms with Gasteiger partial charge in [0, 0.05) is 49.5 Å². The van der Waals surface area contributed by atoms with Gasteiger partial charge in [0.15, 0.2) is 0 Å². The van der Waals surface area contributed by atoms with E-state index in [1.807, 2.05) is 18.3 Å². The van der Waals surface area contributed by atoms with E-state index in [1.54, 1.807) is 12.3 Å². The monoisotopic (exact) mass is 499 g/mol. The van der Waals surface area contributed by atoms with Crippen molar-refractivity contribution < 1.29 is 23.2 Å². The molecular formula is C23H25N5O6S. The van der Waals surface area contributed by atoms with Crippen LogP contribution in [0, 0.1) is 10.1 Å². The van der Waals surface area contributed by atoms with Gasteiger partial charge in [-0.25, -0.2) is 22.5 Å². The molecule has 4 heterocycles. The van der Waals surface area contributed by atoms with Crippen molar-refractivity contribution in [3.63, 3.8) is 0 Å². The number of rotatable bonds is 6. The van der Waals surface area contributed by atoms with Gasteiger partial charge in [-0.1, -0.05) is 12.1 Å². The normalized spacial score (nSPS) is 21.7. The summed E-state index contributed by atoms with van der Waals surface area (Å²) in [5.41, 5.74) is 2.36. The number of hydrogen-bond acceptors (Lipinski definition) is 6. The summed E-state index contributed by atoms with van der Waals surface area (Å²) in [6, 6.07) is 8.97. The fourth-order valence-corrected chi connectivity index (χ4v) is 7.33. The van der Waals surface area contributed by atoms with Gasteiger partial charge >= 0.3 is 6.09 Å². The first-order chi connectivity index (χ1) is 16.8. The molecule has 1 aromatic carbocycles. The van der Waals surface area contributed by atoms with Crippen LogP contribution in [0.25, 0.3) is 11.0 Å². The molecule has 11 nitrogen and oxygen atoms in total. The van der Waals surface area contributed by atoms with E-state index in [2.05, 4.69) is 9.97 Å². The summed E-state index contributed by atoms with van der Waals surface area (Å²) in [5.74, 6) is 0.206. The van der Waals surface area contributed by atoms with Crippen LogP contribution in [0.4, 0.5) is 10.5 Å². The van der Waals surface area contributed by atoms with Crippen LogP contribution < -0.4 is 0 Å². The van der Waals surface area contributed by atoms with E-state index in [9.17, 15) is 28.4 Å². The van der Waals surface area contributed by atoms with E-state index in [0.29, 0.717) is 31.5 Å². The van der Waals surface area contributed by atoms with Gasteiger partial charge in [0.05, 0.1) is 11.0 Å². The number of nitrogens with one attached hydrogen (secondary N) is 1. The maximum Gasteiger partial charge on any atom is 0.407 e. The molecule has 2 unspecified atom stereocenters. The molecule has 184 valence electrons. The van der Waals surface area contributed by atoms with E-state index < -0.39 is 32.3 Å². The standard InChI is InChI=1S/C23H25N5O6S/c29-23(30)27-14-21(20(27)12-15-3-1-4-17(11-15)28(31)32)35(33,34)26-9-6-16(7-10-26)19-13-25-22-18(19)5-2-8-24-22/h1-5,8,11,13,16,20-21H,6-7,9-10,12,14H2,(H,24,25)(H,29,30). The number of non-ortho nitro benzene ring substituents is 1. The number of likely N-dealkylation sites (tertiary alicyclic amines) is 1. The van der Waals surface area contributed by atoms with Gasteiger partial charge in [0.2, 0.25) is 10.0 Å². The number of carbonyl (C=O) groups is 1. The minimum atomic E-state index is -3.75. The molecule has 1 amide bonds. The molecule has 5 rings (SSSR count). The first-order valence-electron chi connectivity index (χ1n) is 11.4. The van der Waals surface area contributed by atoms with Crippen LogP contribution in [0.1, 0.15) is 29.9 Å². The maximum absolute atomic E-state index is 13.5. The van der Waals surface area contributed by atoms with Gasteiger partial charge in [-0.2, -0.15) is 0 Å². The second kappa shape index (κ2) is 8.93. The lowest BCUT2D eigenvalue weighted by Crippen LogP contribution is -2.67. The number of aromatic nitrogens is 2. The highest BCUT2D eigenvalue weighted by molar-refractivity contribution is 7.89. The molecule has 0 aliphatic carbocycles. The van der Waals surface area contributed by atoms with Crippen LogP contribution in [-0.4, -0.2) is 74.6 Å². The quantitative estimate of drug-likeness (QED) is 0.391. The fraction of sp³-hybridized carbons (Fsp3) is 0.391. The van der Waals surface area contributed by atoms with E-state index in [0.717, 1.165) is 21.5 Å². The summed E-state index contributed by atoms with van der Waals surface area (Å²) in [6.07, 6.45) is 3.88. The number of hydrogen-bond donors (Lipinski definition) is 2. The lowest BCUT2D eigenvalue weighted by atomic mass is 9.90. The van der Waals surface area contributed by atoms with Crippen molar-refractivity contribution >= 4 is 32.8 Å². The van der Waals surface area contributed by atoms with Crippen LogP contribution in [0.15, 0.2) is 48.8 Å². The topological polar surface area (TPSA) is 150 Å². The summed E-state index contributed by atoms with van der Waals surface area (Å²) in [4.78, 5) is 30.9. The van der Waals surface area contributed by atoms with Crippen molar-refractivity contribution in [3.8, 4) is 0 Å². The summed E-state index contributed by atoms with van der Waals surface area (Å²) >= 11 is 0. The van der Waals surface area contributed by atoms with Gasteiger partial charge in [-0.05, 0) is 48.4 Å². The summed E-state index contributed by atoms with van der Waals surface area (Å²) in [5, 5.41) is 20.8. The van der Waals surface area contributed by atoms with E-state index in [-0.39, 0.29) is 24.6 Å². The van der Waals surface area contributed by atoms with Crippen LogP contribution in [0.3, 0.4) is 0 Å². The number of fused-ring (bicyclic) bond motifs is 1. The number of benzene rings is 1. The molecule has 2 fully saturated rings. The zero-order valence-corrected chi connectivity index (χ0v) is 19.6. The lowest BCUT2D eigenvalue weighted by Gasteiger charge is -2.47. The molecule has 0 saturated carbocycles. The highest BCUT2D eigenvalue weighted by atomic mass is 32.2. The Morgan fingerprint density at radius 3 is 2.71 bits per heavy atom. The fourth-order valence-electron chi connectivity index (χ4n) is 5.23. The Kier molecular flexibility index (Phi) is 5.93. The number of sulfonamides is 1. The number of piperidine rings is 1. The second-order valence-electron chi connectivity index (χ2n) is 9.03. The molecule has 2 aliphatic rings. The number of H-pyrrole nitrogens is 1. The third-order valence-electron chi connectivity index (χ3n) is 7.14. The predicted octanol–water partition coefficient (Wildman–Crippen LogP) is 2.95. The molecule has 0 radical (unpaired) electrons. The SMILES string of the molecule is O=C(O)N1CC(S(=O)(=O)N2CCC(c3c[nH]c4ncccc34)CC2)C1Cc1cccc([N+](=O)[O-])c1. The molecule has 2 N–H and O–H groups in total. The van der Waals surface area contributed by atoms with Gasteiger partial charge in [-0.15, -0.1) is 0 Å². The number of pyridine rings is 1. The third-order valence-corrected chi connectivity index (χ3v) is 9.45. The largest absolute Gasteiger partial charge is 0.465 e. The number of carboxylic acid groups (broad SMARTS) is 1. The highest BCUT2D eigenvalue weighted by Gasteiger charge is 2.51. The summed E-state index contributed by atoms with van der Waals surface area (Å²) in [6.45, 7) is 0.603. The molecule has 0 bridgehead atoms. The van der Waals surface area contributed by atoms with Gasteiger partial charge in [-0.3, -0.25) is 10.1 Å². The average Bonchev–Trinajstić information content (AvgIpc) is 3.26. The van der Waals surface area contributed by atoms with Crippen LogP contribution in [0.2, 0.25) is 0 Å². The highest BCUT2D eigenvalue weighted by Crippen LogP contribution is 2.36. The lowest BCUT2D eigenvalue weighted by molar-refractivity contribution is -0.384.